The van der Waals surface area contributed by atoms with E-state index in [4.69, 9.17) is 78.2 Å². The van der Waals surface area contributed by atoms with Crippen molar-refractivity contribution in [3.63, 3.8) is 0 Å². The van der Waals surface area contributed by atoms with E-state index in [1.165, 1.54) is 57.8 Å². The third-order valence-electron chi connectivity index (χ3n) is 21.9. The molecular formula is C68H107N5O21. The van der Waals surface area contributed by atoms with Crippen LogP contribution in [-0.4, -0.2) is 215 Å². The Labute approximate surface area is 553 Å². The van der Waals surface area contributed by atoms with Gasteiger partial charge in [0, 0.05) is 30.7 Å². The summed E-state index contributed by atoms with van der Waals surface area (Å²) in [6.45, 7) is 23.4. The van der Waals surface area contributed by atoms with E-state index in [0.29, 0.717) is 64.6 Å². The number of nitrogens with zero attached hydrogens (tertiary/aromatic N) is 5. The first-order chi connectivity index (χ1) is 43.9. The van der Waals surface area contributed by atoms with E-state index < -0.39 is 29.8 Å². The van der Waals surface area contributed by atoms with Crippen LogP contribution in [-0.2, 0) is 83.3 Å². The van der Waals surface area contributed by atoms with Gasteiger partial charge in [0.25, 0.3) is 0 Å². The van der Waals surface area contributed by atoms with E-state index in [0.717, 1.165) is 73.3 Å². The third-order valence-corrected chi connectivity index (χ3v) is 21.9. The normalized spacial score (nSPS) is 28.7. The number of aliphatic carboxylic acids is 5. The van der Waals surface area contributed by atoms with Gasteiger partial charge < -0.3 is 30.3 Å². The first kappa shape index (κ1) is 87.2. The molecule has 0 aliphatic heterocycles. The van der Waals surface area contributed by atoms with Gasteiger partial charge in [-0.05, 0) is 193 Å². The van der Waals surface area contributed by atoms with Crippen LogP contribution in [0.2, 0.25) is 0 Å². The van der Waals surface area contributed by atoms with Gasteiger partial charge in [-0.25, -0.2) is 0 Å². The molecule has 26 heteroatoms. The van der Waals surface area contributed by atoms with Crippen LogP contribution in [0, 0.1) is 75.4 Å². The molecule has 3 unspecified atom stereocenters. The maximum Gasteiger partial charge on any atom is 0.373 e. The third kappa shape index (κ3) is 27.9. The molecule has 530 valence electrons. The number of carbonyl (C=O) groups is 5. The second kappa shape index (κ2) is 43.3. The number of hydrogen-bond acceptors (Lipinski definition) is 21. The predicted octanol–water partition coefficient (Wildman–Crippen LogP) is 6.64. The van der Waals surface area contributed by atoms with Gasteiger partial charge in [-0.3, -0.25) is 48.5 Å². The number of rotatable bonds is 19. The van der Waals surface area contributed by atoms with Crippen LogP contribution in [0.4, 0.5) is 0 Å². The molecule has 1 aromatic carbocycles. The Kier molecular flexibility index (Phi) is 40.2. The van der Waals surface area contributed by atoms with Crippen molar-refractivity contribution in [2.75, 3.05) is 74.5 Å². The molecule has 11 fully saturated rings. The molecule has 0 saturated heterocycles. The van der Waals surface area contributed by atoms with E-state index in [2.05, 4.69) is 62.3 Å². The summed E-state index contributed by atoms with van der Waals surface area (Å²) in [7, 11) is 9.59. The topological polar surface area (TPSA) is 383 Å². The zero-order valence-electron chi connectivity index (χ0n) is 57.7. The number of carboxylic acids is 5. The minimum Gasteiger partial charge on any atom is -0.480 e. The Morgan fingerprint density at radius 3 is 1.11 bits per heavy atom. The summed E-state index contributed by atoms with van der Waals surface area (Å²) in [4.78, 5) is 144. The summed E-state index contributed by atoms with van der Waals surface area (Å²) in [5.74, 6) is 3.90. The van der Waals surface area contributed by atoms with Gasteiger partial charge in [0.2, 0.25) is 0 Å². The van der Waals surface area contributed by atoms with E-state index in [1.54, 1.807) is 0 Å². The average molecular weight is 1330 g/mol. The quantitative estimate of drug-likeness (QED) is 0.0969. The van der Waals surface area contributed by atoms with E-state index in [-0.39, 0.29) is 75.6 Å². The van der Waals surface area contributed by atoms with Crippen LogP contribution in [0.15, 0.2) is 30.3 Å². The maximum atomic E-state index is 10.8. The molecule has 11 aliphatic rings. The maximum absolute atomic E-state index is 10.8. The number of ether oxygens (including phenoxy) is 1. The number of likely N-dealkylation sites (N-methyl/N-ethyl adjacent to an activating group) is 5. The van der Waals surface area contributed by atoms with E-state index >= 15 is 0 Å². The van der Waals surface area contributed by atoms with Crippen molar-refractivity contribution in [3.05, 3.63) is 35.9 Å². The Morgan fingerprint density at radius 1 is 0.436 bits per heavy atom. The zero-order chi connectivity index (χ0) is 72.4. The largest absolute Gasteiger partial charge is 0.480 e. The van der Waals surface area contributed by atoms with Crippen LogP contribution >= 0.6 is 0 Å². The van der Waals surface area contributed by atoms with Gasteiger partial charge in [-0.2, -0.15) is 47.9 Å². The van der Waals surface area contributed by atoms with Crippen LogP contribution in [0.25, 0.3) is 0 Å². The predicted molar refractivity (Wildman–Crippen MR) is 335 cm³/mol. The fourth-order valence-electron chi connectivity index (χ4n) is 16.8. The average Bonchev–Trinajstić information content (AvgIpc) is 0.803. The summed E-state index contributed by atoms with van der Waals surface area (Å²) < 4.78 is 5.97. The monoisotopic (exact) mass is 1330 g/mol. The molecule has 0 spiro atoms. The minimum atomic E-state index is -0.781. The molecule has 0 amide bonds. The Hall–Kier alpha value is -6.77. The fraction of sp³-hybridized carbons (Fsp3) is 0.765. The lowest BCUT2D eigenvalue weighted by Crippen LogP contribution is -2.60. The van der Waals surface area contributed by atoms with Gasteiger partial charge in [-0.1, -0.05) is 99.1 Å². The highest BCUT2D eigenvalue weighted by molar-refractivity contribution is 5.70. The van der Waals surface area contributed by atoms with E-state index in [9.17, 15) is 24.0 Å². The minimum absolute atomic E-state index is 0.0792. The first-order valence-corrected chi connectivity index (χ1v) is 32.1. The lowest BCUT2D eigenvalue weighted by molar-refractivity contribution is -0.193. The first-order valence-electron chi connectivity index (χ1n) is 32.1. The molecule has 5 N–H and O–H groups in total. The van der Waals surface area contributed by atoms with Crippen LogP contribution in [0.3, 0.4) is 0 Å². The molecule has 11 saturated carbocycles. The summed E-state index contributed by atoms with van der Waals surface area (Å²) in [5, 5.41) is 43.9. The lowest BCUT2D eigenvalue weighted by atomic mass is 9.44. The van der Waals surface area contributed by atoms with Crippen molar-refractivity contribution < 1.29 is 102 Å². The Balaban J connectivity index is 0.00000109. The molecule has 11 aliphatic carbocycles. The summed E-state index contributed by atoms with van der Waals surface area (Å²) >= 11 is 0. The van der Waals surface area contributed by atoms with Gasteiger partial charge in [-0.15, -0.1) is 0 Å². The number of carbonyl (C=O) groups excluding carboxylic acids is 10. The van der Waals surface area contributed by atoms with Crippen LogP contribution in [0.5, 0.6) is 0 Å². The highest BCUT2D eigenvalue weighted by Gasteiger charge is 2.58. The standard InChI is InChI=1S/C15H21NO3.3C13H23NO2.C9H17NO2.5CO2/c1-16(10-15(17)18)13-8-5-9-14(13)19-11-12-6-3-2-4-7-12;2*1-8-10-5-9(13(10,2)3)6-11(8)14(4)7-12(15)16;1-13(2)10-5-4-9(11(13)6-10)7-14(3)8-12(15)16;1-7-4-3-5-8(7)10(2)6-9(11)12;5*2-1-3/h2-4,6-7,13-14H,5,8-11H2,1H3,(H,17,18);2*8-11H,5-7H2,1-4H3,(H,15,16);9-11H,4-8H2,1-3H3,(H,15,16);7-8H,3-6H2,1-2H3,(H,11,12);;;;;/t13-,14-;2*8-,9+,10?,11-;9-,10-,11?;7-,8-;;;;;/m01001...../s1. The van der Waals surface area contributed by atoms with Gasteiger partial charge in [0.15, 0.2) is 0 Å². The van der Waals surface area contributed by atoms with Crippen LogP contribution in [0.1, 0.15) is 151 Å². The van der Waals surface area contributed by atoms with Gasteiger partial charge >= 0.3 is 60.6 Å². The van der Waals surface area contributed by atoms with Gasteiger partial charge in [0.1, 0.15) is 0 Å². The summed E-state index contributed by atoms with van der Waals surface area (Å²) in [6.07, 6.45) is 17.2. The Bertz CT molecular complexity index is 2500. The number of benzene rings is 1. The van der Waals surface area contributed by atoms with Crippen molar-refractivity contribution in [2.45, 2.75) is 183 Å². The second-order valence-corrected chi connectivity index (χ2v) is 28.3. The zero-order valence-corrected chi connectivity index (χ0v) is 57.7. The van der Waals surface area contributed by atoms with E-state index in [1.807, 2.05) is 90.1 Å². The molecular weight excluding hydrogens is 1220 g/mol. The number of fused-ring (bicyclic) bond motifs is 6. The molecule has 15 atom stereocenters. The molecule has 94 heavy (non-hydrogen) atoms. The fourth-order valence-corrected chi connectivity index (χ4v) is 16.8. The van der Waals surface area contributed by atoms with Crippen molar-refractivity contribution in [2.24, 2.45) is 75.4 Å². The number of hydrogen-bond donors (Lipinski definition) is 5. The van der Waals surface area contributed by atoms with Gasteiger partial charge in [0.05, 0.1) is 45.4 Å². The van der Waals surface area contributed by atoms with Crippen molar-refractivity contribution in [1.29, 1.82) is 0 Å². The molecule has 12 rings (SSSR count). The lowest BCUT2D eigenvalue weighted by Gasteiger charge is -2.63. The summed E-state index contributed by atoms with van der Waals surface area (Å²) in [6, 6.07) is 11.7. The molecule has 1 aromatic rings. The smallest absolute Gasteiger partial charge is 0.373 e. The SMILES string of the molecule is CN(CC(=O)O)C[C@@H]1CC[C@H]2CC1C2(C)C.CN(CC(=O)O)[C@H]1CCC[C@@H]1OCc1ccccc1.C[C@@H]1C2C[C@@H](C[C@H]1N(C)CC(=O)O)C2(C)C.C[C@@H]1CCC[C@H]1N(C)CC(=O)O.C[C@H]1C2C[C@H](C[C@@H]1N(C)CC(=O)O)C2(C)C.O=C=O.O=C=O.O=C=O.O=C=O.O=C=O. The second-order valence-electron chi connectivity index (χ2n) is 28.3. The highest BCUT2D eigenvalue weighted by Crippen LogP contribution is 2.63. The number of carboxylic acid groups (broad SMARTS) is 5. The molecule has 26 nitrogen and oxygen atoms in total. The Morgan fingerprint density at radius 2 is 0.777 bits per heavy atom. The highest BCUT2D eigenvalue weighted by atomic mass is 16.5. The van der Waals surface area contributed by atoms with Crippen LogP contribution < -0.4 is 0 Å². The molecule has 0 aromatic heterocycles. The van der Waals surface area contributed by atoms with Crippen molar-refractivity contribution >= 4 is 60.6 Å². The van der Waals surface area contributed by atoms with Crippen molar-refractivity contribution in [3.8, 4) is 0 Å². The molecule has 0 heterocycles. The molecule has 6 bridgehead atoms. The van der Waals surface area contributed by atoms with Crippen molar-refractivity contribution in [1.82, 2.24) is 24.5 Å². The molecule has 0 radical (unpaired) electrons. The summed E-state index contributed by atoms with van der Waals surface area (Å²) in [5.41, 5.74) is 2.64.